The number of ether oxygens (including phenoxy) is 2. The summed E-state index contributed by atoms with van der Waals surface area (Å²) in [5.74, 6) is 2.29. The van der Waals surface area contributed by atoms with Gasteiger partial charge in [-0.3, -0.25) is 4.57 Å². The van der Waals surface area contributed by atoms with Gasteiger partial charge in [-0.25, -0.2) is 4.79 Å². The Morgan fingerprint density at radius 2 is 2.09 bits per heavy atom. The maximum atomic E-state index is 12.2. The molecule has 23 heavy (non-hydrogen) atoms. The normalized spacial score (nSPS) is 12.7. The molecule has 0 saturated heterocycles. The summed E-state index contributed by atoms with van der Waals surface area (Å²) in [7, 11) is 0. The van der Waals surface area contributed by atoms with Gasteiger partial charge in [0.2, 0.25) is 0 Å². The molecule has 1 aromatic carbocycles. The van der Waals surface area contributed by atoms with Crippen molar-refractivity contribution in [2.45, 2.75) is 39.7 Å². The van der Waals surface area contributed by atoms with Gasteiger partial charge in [0, 0.05) is 5.54 Å². The van der Waals surface area contributed by atoms with Gasteiger partial charge in [0.1, 0.15) is 11.4 Å². The molecule has 1 N–H and O–H groups in total. The lowest BCUT2D eigenvalue weighted by Crippen LogP contribution is -2.35. The van der Waals surface area contributed by atoms with Crippen molar-refractivity contribution in [3.05, 3.63) is 34.9 Å². The van der Waals surface area contributed by atoms with Gasteiger partial charge in [-0.15, -0.1) is 0 Å². The number of rotatable bonds is 3. The van der Waals surface area contributed by atoms with Crippen molar-refractivity contribution in [3.8, 4) is 17.2 Å². The number of anilines is 2. The molecule has 0 radical (unpaired) electrons. The van der Waals surface area contributed by atoms with Crippen LogP contribution in [0.5, 0.6) is 17.2 Å². The average Bonchev–Trinajstić information content (AvgIpc) is 2.49. The van der Waals surface area contributed by atoms with E-state index in [0.717, 1.165) is 6.42 Å². The van der Waals surface area contributed by atoms with E-state index in [1.165, 1.54) is 0 Å². The van der Waals surface area contributed by atoms with Crippen LogP contribution in [0.1, 0.15) is 34.1 Å². The van der Waals surface area contributed by atoms with Crippen LogP contribution >= 0.6 is 0 Å². The SMILES string of the molecule is CCCOc1cccc2c1Nc1nc(=O)n(C(C)(C)C)cc1O2. The zero-order valence-corrected chi connectivity index (χ0v) is 13.8. The van der Waals surface area contributed by atoms with Crippen LogP contribution in [0.25, 0.3) is 0 Å². The first-order valence-electron chi connectivity index (χ1n) is 7.75. The second-order valence-corrected chi connectivity index (χ2v) is 6.48. The van der Waals surface area contributed by atoms with Crippen LogP contribution in [-0.2, 0) is 5.54 Å². The molecule has 0 amide bonds. The lowest BCUT2D eigenvalue weighted by Gasteiger charge is -2.26. The van der Waals surface area contributed by atoms with E-state index in [2.05, 4.69) is 10.3 Å². The summed E-state index contributed by atoms with van der Waals surface area (Å²) >= 11 is 0. The van der Waals surface area contributed by atoms with E-state index in [-0.39, 0.29) is 11.2 Å². The fourth-order valence-electron chi connectivity index (χ4n) is 2.37. The van der Waals surface area contributed by atoms with Gasteiger partial charge in [-0.05, 0) is 39.3 Å². The van der Waals surface area contributed by atoms with Crippen molar-refractivity contribution in [1.82, 2.24) is 9.55 Å². The average molecular weight is 315 g/mol. The molecule has 3 rings (SSSR count). The van der Waals surface area contributed by atoms with Crippen LogP contribution in [0.15, 0.2) is 29.2 Å². The Kier molecular flexibility index (Phi) is 3.75. The summed E-state index contributed by atoms with van der Waals surface area (Å²) in [4.78, 5) is 16.3. The Morgan fingerprint density at radius 1 is 1.30 bits per heavy atom. The van der Waals surface area contributed by atoms with Crippen molar-refractivity contribution < 1.29 is 9.47 Å². The van der Waals surface area contributed by atoms with Crippen molar-refractivity contribution in [2.75, 3.05) is 11.9 Å². The van der Waals surface area contributed by atoms with Crippen LogP contribution in [-0.4, -0.2) is 16.2 Å². The minimum absolute atomic E-state index is 0.317. The maximum Gasteiger partial charge on any atom is 0.350 e. The number of hydrogen-bond acceptors (Lipinski definition) is 5. The lowest BCUT2D eigenvalue weighted by molar-refractivity contribution is 0.316. The number of nitrogens with zero attached hydrogens (tertiary/aromatic N) is 2. The van der Waals surface area contributed by atoms with Crippen LogP contribution in [0.2, 0.25) is 0 Å². The Balaban J connectivity index is 2.02. The second-order valence-electron chi connectivity index (χ2n) is 6.48. The minimum atomic E-state index is -0.366. The van der Waals surface area contributed by atoms with Gasteiger partial charge >= 0.3 is 5.69 Å². The highest BCUT2D eigenvalue weighted by molar-refractivity contribution is 5.77. The third-order valence-electron chi connectivity index (χ3n) is 3.53. The number of benzene rings is 1. The third-order valence-corrected chi connectivity index (χ3v) is 3.53. The first-order chi connectivity index (χ1) is 10.9. The number of aromatic nitrogens is 2. The van der Waals surface area contributed by atoms with Crippen molar-refractivity contribution in [1.29, 1.82) is 0 Å². The Morgan fingerprint density at radius 3 is 2.78 bits per heavy atom. The molecular weight excluding hydrogens is 294 g/mol. The van der Waals surface area contributed by atoms with E-state index in [1.807, 2.05) is 45.9 Å². The lowest BCUT2D eigenvalue weighted by atomic mass is 10.1. The summed E-state index contributed by atoms with van der Waals surface area (Å²) in [5, 5.41) is 3.16. The summed E-state index contributed by atoms with van der Waals surface area (Å²) in [5.41, 5.74) is 0.0195. The molecule has 1 aromatic heterocycles. The van der Waals surface area contributed by atoms with Gasteiger partial charge < -0.3 is 14.8 Å². The first kappa shape index (κ1) is 15.4. The van der Waals surface area contributed by atoms with Gasteiger partial charge in [-0.2, -0.15) is 4.98 Å². The predicted molar refractivity (Wildman–Crippen MR) is 89.1 cm³/mol. The highest BCUT2D eigenvalue weighted by Gasteiger charge is 2.25. The number of nitrogens with one attached hydrogen (secondary N) is 1. The monoisotopic (exact) mass is 315 g/mol. The van der Waals surface area contributed by atoms with E-state index >= 15 is 0 Å². The number of hydrogen-bond donors (Lipinski definition) is 1. The largest absolute Gasteiger partial charge is 0.491 e. The van der Waals surface area contributed by atoms with Crippen LogP contribution in [0, 0.1) is 0 Å². The van der Waals surface area contributed by atoms with Gasteiger partial charge in [0.25, 0.3) is 0 Å². The van der Waals surface area contributed by atoms with Crippen molar-refractivity contribution in [3.63, 3.8) is 0 Å². The number of fused-ring (bicyclic) bond motifs is 2. The van der Waals surface area contributed by atoms with Gasteiger partial charge in [0.15, 0.2) is 17.3 Å². The van der Waals surface area contributed by atoms with Crippen molar-refractivity contribution >= 4 is 11.5 Å². The smallest absolute Gasteiger partial charge is 0.350 e. The Hall–Kier alpha value is -2.50. The van der Waals surface area contributed by atoms with E-state index in [0.29, 0.717) is 35.4 Å². The molecule has 122 valence electrons. The molecule has 0 unspecified atom stereocenters. The summed E-state index contributed by atoms with van der Waals surface area (Å²) in [6.07, 6.45) is 2.61. The van der Waals surface area contributed by atoms with E-state index < -0.39 is 0 Å². The predicted octanol–water partition coefficient (Wildman–Crippen LogP) is 3.64. The molecule has 0 aliphatic carbocycles. The zero-order valence-electron chi connectivity index (χ0n) is 13.8. The minimum Gasteiger partial charge on any atom is -0.491 e. The molecular formula is C17H21N3O3. The summed E-state index contributed by atoms with van der Waals surface area (Å²) in [6.45, 7) is 8.51. The fourth-order valence-corrected chi connectivity index (χ4v) is 2.37. The van der Waals surface area contributed by atoms with E-state index in [9.17, 15) is 4.79 Å². The Labute approximate surface area is 135 Å². The van der Waals surface area contributed by atoms with Crippen LogP contribution < -0.4 is 20.5 Å². The molecule has 1 aliphatic rings. The molecule has 6 nitrogen and oxygen atoms in total. The van der Waals surface area contributed by atoms with E-state index in [1.54, 1.807) is 10.8 Å². The molecule has 6 heteroatoms. The summed E-state index contributed by atoms with van der Waals surface area (Å²) < 4.78 is 13.2. The molecule has 0 spiro atoms. The first-order valence-corrected chi connectivity index (χ1v) is 7.75. The van der Waals surface area contributed by atoms with Gasteiger partial charge in [0.05, 0.1) is 12.8 Å². The fraction of sp³-hybridized carbons (Fsp3) is 0.412. The number of para-hydroxylation sites is 1. The molecule has 0 fully saturated rings. The molecule has 0 bridgehead atoms. The molecule has 2 aromatic rings. The third kappa shape index (κ3) is 2.88. The maximum absolute atomic E-state index is 12.2. The standard InChI is InChI=1S/C17H21N3O3/c1-5-9-22-11-7-6-8-12-14(11)18-15-13(23-12)10-20(16(21)19-15)17(2,3)4/h6-8,10H,5,9H2,1-4H3,(H,18,19,21). The molecule has 1 aliphatic heterocycles. The topological polar surface area (TPSA) is 65.4 Å². The Bertz CT molecular complexity index is 791. The molecule has 2 heterocycles. The van der Waals surface area contributed by atoms with Crippen molar-refractivity contribution in [2.24, 2.45) is 0 Å². The highest BCUT2D eigenvalue weighted by atomic mass is 16.5. The second kappa shape index (κ2) is 5.61. The zero-order chi connectivity index (χ0) is 16.6. The quantitative estimate of drug-likeness (QED) is 0.799. The van der Waals surface area contributed by atoms with Crippen LogP contribution in [0.4, 0.5) is 11.5 Å². The highest BCUT2D eigenvalue weighted by Crippen LogP contribution is 2.45. The van der Waals surface area contributed by atoms with Crippen LogP contribution in [0.3, 0.4) is 0 Å². The van der Waals surface area contributed by atoms with Gasteiger partial charge in [-0.1, -0.05) is 13.0 Å². The van der Waals surface area contributed by atoms with E-state index in [4.69, 9.17) is 9.47 Å². The molecule has 0 saturated carbocycles. The summed E-state index contributed by atoms with van der Waals surface area (Å²) in [6, 6.07) is 5.60. The molecule has 0 atom stereocenters.